The smallest absolute Gasteiger partial charge is 0.310 e. The predicted molar refractivity (Wildman–Crippen MR) is 61.3 cm³/mol. The molecule has 6 heteroatoms. The van der Waals surface area contributed by atoms with Crippen LogP contribution in [0.3, 0.4) is 0 Å². The van der Waals surface area contributed by atoms with Crippen molar-refractivity contribution < 1.29 is 23.8 Å². The van der Waals surface area contributed by atoms with E-state index in [1.807, 2.05) is 0 Å². The number of fused-ring (bicyclic) bond motifs is 1. The van der Waals surface area contributed by atoms with Gasteiger partial charge >= 0.3 is 5.97 Å². The van der Waals surface area contributed by atoms with E-state index in [-0.39, 0.29) is 6.42 Å². The Morgan fingerprint density at radius 2 is 1.94 bits per heavy atom. The first-order chi connectivity index (χ1) is 8.65. The molecule has 1 aliphatic rings. The summed E-state index contributed by atoms with van der Waals surface area (Å²) < 4.78 is 15.4. The van der Waals surface area contributed by atoms with Crippen LogP contribution in [-0.4, -0.2) is 31.7 Å². The van der Waals surface area contributed by atoms with Crippen LogP contribution in [0.25, 0.3) is 0 Å². The number of rotatable bonds is 4. The van der Waals surface area contributed by atoms with E-state index in [4.69, 9.17) is 15.2 Å². The van der Waals surface area contributed by atoms with Gasteiger partial charge in [-0.3, -0.25) is 9.59 Å². The first kappa shape index (κ1) is 12.2. The van der Waals surface area contributed by atoms with E-state index in [9.17, 15) is 9.59 Å². The van der Waals surface area contributed by atoms with Crippen LogP contribution in [-0.2, 0) is 20.7 Å². The van der Waals surface area contributed by atoms with Crippen LogP contribution in [0, 0.1) is 0 Å². The monoisotopic (exact) mass is 251 g/mol. The van der Waals surface area contributed by atoms with Crippen LogP contribution in [0.4, 0.5) is 0 Å². The zero-order chi connectivity index (χ0) is 13.0. The Balaban J connectivity index is 1.97. The van der Waals surface area contributed by atoms with Crippen molar-refractivity contribution in [3.63, 3.8) is 0 Å². The fourth-order valence-electron chi connectivity index (χ4n) is 1.57. The molecule has 0 bridgehead atoms. The summed E-state index contributed by atoms with van der Waals surface area (Å²) in [4.78, 5) is 21.8. The maximum atomic E-state index is 11.4. The Hall–Kier alpha value is -2.24. The van der Waals surface area contributed by atoms with Crippen LogP contribution in [0.1, 0.15) is 5.56 Å². The third kappa shape index (κ3) is 3.13. The van der Waals surface area contributed by atoms with Crippen molar-refractivity contribution >= 4 is 11.9 Å². The van der Waals surface area contributed by atoms with Crippen LogP contribution in [0.15, 0.2) is 18.2 Å². The van der Waals surface area contributed by atoms with E-state index in [1.165, 1.54) is 0 Å². The summed E-state index contributed by atoms with van der Waals surface area (Å²) in [6.07, 6.45) is 0.0594. The molecule has 1 aromatic rings. The zero-order valence-electron chi connectivity index (χ0n) is 9.68. The molecular weight excluding hydrogens is 238 g/mol. The van der Waals surface area contributed by atoms with Gasteiger partial charge in [-0.05, 0) is 17.7 Å². The minimum Gasteiger partial charge on any atom is -0.486 e. The Labute approximate surface area is 104 Å². The third-order valence-corrected chi connectivity index (χ3v) is 2.33. The Bertz CT molecular complexity index is 472. The van der Waals surface area contributed by atoms with Crippen LogP contribution in [0.2, 0.25) is 0 Å². The Morgan fingerprint density at radius 1 is 1.22 bits per heavy atom. The second-order valence-electron chi connectivity index (χ2n) is 3.78. The normalized spacial score (nSPS) is 12.9. The van der Waals surface area contributed by atoms with Gasteiger partial charge in [0, 0.05) is 0 Å². The lowest BCUT2D eigenvalue weighted by atomic mass is 10.1. The van der Waals surface area contributed by atoms with E-state index in [1.54, 1.807) is 18.2 Å². The molecule has 2 N–H and O–H groups in total. The molecule has 1 aromatic carbocycles. The lowest BCUT2D eigenvalue weighted by Crippen LogP contribution is -2.21. The van der Waals surface area contributed by atoms with Gasteiger partial charge in [0.2, 0.25) is 0 Å². The van der Waals surface area contributed by atoms with E-state index in [0.717, 1.165) is 5.56 Å². The molecule has 1 amide bonds. The number of ether oxygens (including phenoxy) is 3. The molecule has 6 nitrogen and oxygen atoms in total. The van der Waals surface area contributed by atoms with Crippen LogP contribution < -0.4 is 15.2 Å². The first-order valence-electron chi connectivity index (χ1n) is 5.47. The molecule has 0 saturated carbocycles. The second-order valence-corrected chi connectivity index (χ2v) is 3.78. The SMILES string of the molecule is NC(=O)COC(=O)Cc1ccc2c(c1)OCCO2. The number of nitrogens with two attached hydrogens (primary N) is 1. The topological polar surface area (TPSA) is 87.9 Å². The first-order valence-corrected chi connectivity index (χ1v) is 5.47. The number of carbonyl (C=O) groups is 2. The van der Waals surface area contributed by atoms with E-state index < -0.39 is 18.5 Å². The highest BCUT2D eigenvalue weighted by molar-refractivity contribution is 5.80. The lowest BCUT2D eigenvalue weighted by molar-refractivity contribution is -0.147. The Kier molecular flexibility index (Phi) is 3.66. The molecule has 18 heavy (non-hydrogen) atoms. The highest BCUT2D eigenvalue weighted by Crippen LogP contribution is 2.30. The molecule has 96 valence electrons. The third-order valence-electron chi connectivity index (χ3n) is 2.33. The predicted octanol–water partition coefficient (Wildman–Crippen LogP) is 0.0288. The van der Waals surface area contributed by atoms with Crippen molar-refractivity contribution in [2.45, 2.75) is 6.42 Å². The number of amides is 1. The van der Waals surface area contributed by atoms with Crippen molar-refractivity contribution in [1.29, 1.82) is 0 Å². The maximum Gasteiger partial charge on any atom is 0.310 e. The summed E-state index contributed by atoms with van der Waals surface area (Å²) >= 11 is 0. The fraction of sp³-hybridized carbons (Fsp3) is 0.333. The summed E-state index contributed by atoms with van der Waals surface area (Å²) in [5, 5.41) is 0. The molecule has 0 unspecified atom stereocenters. The zero-order valence-corrected chi connectivity index (χ0v) is 9.68. The van der Waals surface area contributed by atoms with Gasteiger partial charge < -0.3 is 19.9 Å². The average Bonchev–Trinajstić information content (AvgIpc) is 2.36. The number of primary amides is 1. The lowest BCUT2D eigenvalue weighted by Gasteiger charge is -2.18. The number of hydrogen-bond acceptors (Lipinski definition) is 5. The number of esters is 1. The molecule has 0 spiro atoms. The largest absolute Gasteiger partial charge is 0.486 e. The standard InChI is InChI=1S/C12H13NO5/c13-11(14)7-18-12(15)6-8-1-2-9-10(5-8)17-4-3-16-9/h1-2,5H,3-4,6-7H2,(H2,13,14). The van der Waals surface area contributed by atoms with Crippen molar-refractivity contribution in [2.24, 2.45) is 5.73 Å². The minimum atomic E-state index is -0.675. The summed E-state index contributed by atoms with van der Waals surface area (Å²) in [7, 11) is 0. The molecule has 0 aromatic heterocycles. The van der Waals surface area contributed by atoms with Gasteiger partial charge in [0.15, 0.2) is 18.1 Å². The molecule has 0 radical (unpaired) electrons. The average molecular weight is 251 g/mol. The minimum absolute atomic E-state index is 0.0594. The van der Waals surface area contributed by atoms with Gasteiger partial charge in [0.1, 0.15) is 13.2 Å². The summed E-state index contributed by atoms with van der Waals surface area (Å²) in [6, 6.07) is 5.21. The van der Waals surface area contributed by atoms with Crippen molar-refractivity contribution in [3.05, 3.63) is 23.8 Å². The number of hydrogen-bond donors (Lipinski definition) is 1. The molecule has 2 rings (SSSR count). The van der Waals surface area contributed by atoms with Gasteiger partial charge in [-0.25, -0.2) is 0 Å². The van der Waals surface area contributed by atoms with Gasteiger partial charge in [-0.2, -0.15) is 0 Å². The van der Waals surface area contributed by atoms with E-state index in [2.05, 4.69) is 4.74 Å². The van der Waals surface area contributed by atoms with Crippen LogP contribution in [0.5, 0.6) is 11.5 Å². The second kappa shape index (κ2) is 5.39. The molecule has 1 aliphatic heterocycles. The van der Waals surface area contributed by atoms with Gasteiger partial charge in [-0.15, -0.1) is 0 Å². The van der Waals surface area contributed by atoms with Gasteiger partial charge in [-0.1, -0.05) is 6.07 Å². The van der Waals surface area contributed by atoms with Gasteiger partial charge in [0.25, 0.3) is 5.91 Å². The fourth-order valence-corrected chi connectivity index (χ4v) is 1.57. The molecule has 1 heterocycles. The van der Waals surface area contributed by atoms with Crippen molar-refractivity contribution in [3.8, 4) is 11.5 Å². The summed E-state index contributed by atoms with van der Waals surface area (Å²) in [5.74, 6) is 0.0907. The summed E-state index contributed by atoms with van der Waals surface area (Å²) in [5.41, 5.74) is 5.60. The number of benzene rings is 1. The molecule has 0 fully saturated rings. The van der Waals surface area contributed by atoms with Crippen molar-refractivity contribution in [2.75, 3.05) is 19.8 Å². The molecule has 0 aliphatic carbocycles. The summed E-state index contributed by atoms with van der Waals surface area (Å²) in [6.45, 7) is 0.610. The molecule has 0 atom stereocenters. The van der Waals surface area contributed by atoms with E-state index >= 15 is 0 Å². The molecule has 0 saturated heterocycles. The number of carbonyl (C=O) groups excluding carboxylic acids is 2. The highest BCUT2D eigenvalue weighted by Gasteiger charge is 2.13. The van der Waals surface area contributed by atoms with Crippen LogP contribution >= 0.6 is 0 Å². The van der Waals surface area contributed by atoms with Crippen molar-refractivity contribution in [1.82, 2.24) is 0 Å². The Morgan fingerprint density at radius 3 is 2.67 bits per heavy atom. The highest BCUT2D eigenvalue weighted by atomic mass is 16.6. The molecular formula is C12H13NO5. The quantitative estimate of drug-likeness (QED) is 0.763. The maximum absolute atomic E-state index is 11.4. The van der Waals surface area contributed by atoms with E-state index in [0.29, 0.717) is 24.7 Å². The van der Waals surface area contributed by atoms with Gasteiger partial charge in [0.05, 0.1) is 6.42 Å².